The fraction of sp³-hybridized carbons (Fsp3) is 0.455. The van der Waals surface area contributed by atoms with Crippen LogP contribution >= 0.6 is 23.4 Å². The molecule has 1 aromatic rings. The highest BCUT2D eigenvalue weighted by atomic mass is 35.5. The van der Waals surface area contributed by atoms with Gasteiger partial charge in [0.1, 0.15) is 5.82 Å². The summed E-state index contributed by atoms with van der Waals surface area (Å²) in [4.78, 5) is 0. The molecule has 0 radical (unpaired) electrons. The average molecular weight is 246 g/mol. The molecule has 1 unspecified atom stereocenters. The normalized spacial score (nSPS) is 24.4. The van der Waals surface area contributed by atoms with E-state index < -0.39 is 0 Å². The number of benzene rings is 1. The molecule has 0 aromatic heterocycles. The molecule has 1 atom stereocenters. The van der Waals surface area contributed by atoms with Crippen LogP contribution in [0.1, 0.15) is 24.8 Å². The summed E-state index contributed by atoms with van der Waals surface area (Å²) in [6.45, 7) is 4.29. The molecule has 1 aromatic carbocycles. The largest absolute Gasteiger partial charge is 0.296 e. The van der Waals surface area contributed by atoms with Gasteiger partial charge in [-0.25, -0.2) is 4.39 Å². The second-order valence-corrected chi connectivity index (χ2v) is 5.89. The third-order valence-electron chi connectivity index (χ3n) is 2.38. The highest BCUT2D eigenvalue weighted by Crippen LogP contribution is 2.37. The molecule has 1 aliphatic rings. The predicted molar refractivity (Wildman–Crippen MR) is 63.8 cm³/mol. The molecule has 1 nitrogen and oxygen atoms in total. The van der Waals surface area contributed by atoms with Gasteiger partial charge < -0.3 is 0 Å². The molecule has 1 fully saturated rings. The van der Waals surface area contributed by atoms with Crippen molar-refractivity contribution in [2.45, 2.75) is 24.8 Å². The second kappa shape index (κ2) is 3.96. The SMILES string of the molecule is CC1(C)CSC(c2ccc(Cl)c(F)c2)N1. The van der Waals surface area contributed by atoms with Gasteiger partial charge in [0.2, 0.25) is 0 Å². The minimum absolute atomic E-state index is 0.117. The maximum Gasteiger partial charge on any atom is 0.142 e. The molecule has 2 rings (SSSR count). The minimum atomic E-state index is -0.346. The van der Waals surface area contributed by atoms with Crippen LogP contribution in [0, 0.1) is 5.82 Å². The lowest BCUT2D eigenvalue weighted by Crippen LogP contribution is -2.35. The first kappa shape index (κ1) is 11.2. The van der Waals surface area contributed by atoms with Gasteiger partial charge in [0.15, 0.2) is 0 Å². The summed E-state index contributed by atoms with van der Waals surface area (Å²) in [7, 11) is 0. The molecule has 0 bridgehead atoms. The Hall–Kier alpha value is -0.250. The molecule has 1 heterocycles. The van der Waals surface area contributed by atoms with Crippen LogP contribution in [0.2, 0.25) is 5.02 Å². The van der Waals surface area contributed by atoms with E-state index in [4.69, 9.17) is 11.6 Å². The van der Waals surface area contributed by atoms with Crippen LogP contribution in [-0.2, 0) is 0 Å². The third kappa shape index (κ3) is 2.47. The van der Waals surface area contributed by atoms with Crippen molar-refractivity contribution in [2.75, 3.05) is 5.75 Å². The van der Waals surface area contributed by atoms with Gasteiger partial charge in [-0.05, 0) is 31.5 Å². The van der Waals surface area contributed by atoms with Crippen LogP contribution in [0.3, 0.4) is 0 Å². The van der Waals surface area contributed by atoms with Crippen LogP contribution < -0.4 is 5.32 Å². The molecule has 0 saturated carbocycles. The Labute approximate surface area is 98.4 Å². The monoisotopic (exact) mass is 245 g/mol. The van der Waals surface area contributed by atoms with Crippen molar-refractivity contribution >= 4 is 23.4 Å². The molecule has 1 N–H and O–H groups in total. The minimum Gasteiger partial charge on any atom is -0.296 e. The van der Waals surface area contributed by atoms with Crippen molar-refractivity contribution in [3.63, 3.8) is 0 Å². The predicted octanol–water partition coefficient (Wildman–Crippen LogP) is 3.59. The smallest absolute Gasteiger partial charge is 0.142 e. The second-order valence-electron chi connectivity index (χ2n) is 4.39. The van der Waals surface area contributed by atoms with Gasteiger partial charge in [-0.3, -0.25) is 5.32 Å². The molecule has 82 valence electrons. The lowest BCUT2D eigenvalue weighted by Gasteiger charge is -2.19. The van der Waals surface area contributed by atoms with Crippen LogP contribution in [0.15, 0.2) is 18.2 Å². The van der Waals surface area contributed by atoms with Crippen molar-refractivity contribution in [3.8, 4) is 0 Å². The number of rotatable bonds is 1. The number of hydrogen-bond acceptors (Lipinski definition) is 2. The maximum atomic E-state index is 13.3. The van der Waals surface area contributed by atoms with E-state index >= 15 is 0 Å². The van der Waals surface area contributed by atoms with Crippen LogP contribution in [-0.4, -0.2) is 11.3 Å². The molecule has 0 spiro atoms. The third-order valence-corrected chi connectivity index (χ3v) is 4.30. The lowest BCUT2D eigenvalue weighted by molar-refractivity contribution is 0.451. The Morgan fingerprint density at radius 3 is 2.80 bits per heavy atom. The summed E-state index contributed by atoms with van der Waals surface area (Å²) < 4.78 is 13.3. The van der Waals surface area contributed by atoms with E-state index in [0.717, 1.165) is 11.3 Å². The van der Waals surface area contributed by atoms with E-state index in [1.807, 2.05) is 6.07 Å². The molecule has 1 aliphatic heterocycles. The standard InChI is InChI=1S/C11H13ClFNS/c1-11(2)6-15-10(14-11)7-3-4-8(12)9(13)5-7/h3-5,10,14H,6H2,1-2H3. The molecule has 0 aliphatic carbocycles. The van der Waals surface area contributed by atoms with Crippen LogP contribution in [0.5, 0.6) is 0 Å². The number of halogens is 2. The molecule has 0 amide bonds. The van der Waals surface area contributed by atoms with Gasteiger partial charge in [-0.15, -0.1) is 11.8 Å². The topological polar surface area (TPSA) is 12.0 Å². The van der Waals surface area contributed by atoms with Gasteiger partial charge in [0, 0.05) is 11.3 Å². The highest BCUT2D eigenvalue weighted by Gasteiger charge is 2.31. The zero-order valence-corrected chi connectivity index (χ0v) is 10.3. The lowest BCUT2D eigenvalue weighted by atomic mass is 10.1. The Morgan fingerprint density at radius 1 is 1.53 bits per heavy atom. The van der Waals surface area contributed by atoms with E-state index in [1.54, 1.807) is 17.8 Å². The average Bonchev–Trinajstić information content (AvgIpc) is 2.51. The first-order chi connectivity index (χ1) is 6.98. The van der Waals surface area contributed by atoms with E-state index in [-0.39, 0.29) is 21.8 Å². The Bertz CT molecular complexity index is 381. The fourth-order valence-electron chi connectivity index (χ4n) is 1.58. The maximum absolute atomic E-state index is 13.3. The highest BCUT2D eigenvalue weighted by molar-refractivity contribution is 7.99. The van der Waals surface area contributed by atoms with Crippen molar-refractivity contribution < 1.29 is 4.39 Å². The number of thioether (sulfide) groups is 1. The fourth-order valence-corrected chi connectivity index (χ4v) is 3.11. The molecule has 15 heavy (non-hydrogen) atoms. The van der Waals surface area contributed by atoms with Crippen molar-refractivity contribution in [1.82, 2.24) is 5.32 Å². The van der Waals surface area contributed by atoms with E-state index in [0.29, 0.717) is 0 Å². The summed E-state index contributed by atoms with van der Waals surface area (Å²) in [5, 5.41) is 3.80. The Balaban J connectivity index is 2.21. The zero-order chi connectivity index (χ0) is 11.1. The summed E-state index contributed by atoms with van der Waals surface area (Å²) in [6.07, 6.45) is 0. The molecular formula is C11H13ClFNS. The van der Waals surface area contributed by atoms with Gasteiger partial charge >= 0.3 is 0 Å². The van der Waals surface area contributed by atoms with Crippen LogP contribution in [0.4, 0.5) is 4.39 Å². The first-order valence-corrected chi connectivity index (χ1v) is 6.25. The molecule has 4 heteroatoms. The van der Waals surface area contributed by atoms with Crippen LogP contribution in [0.25, 0.3) is 0 Å². The Morgan fingerprint density at radius 2 is 2.27 bits per heavy atom. The first-order valence-electron chi connectivity index (χ1n) is 4.82. The van der Waals surface area contributed by atoms with Crippen molar-refractivity contribution in [1.29, 1.82) is 0 Å². The summed E-state index contributed by atoms with van der Waals surface area (Å²) in [5.41, 5.74) is 1.07. The summed E-state index contributed by atoms with van der Waals surface area (Å²) in [5.74, 6) is 0.684. The summed E-state index contributed by atoms with van der Waals surface area (Å²) in [6, 6.07) is 4.99. The van der Waals surface area contributed by atoms with Gasteiger partial charge in [0.05, 0.1) is 10.4 Å². The van der Waals surface area contributed by atoms with E-state index in [2.05, 4.69) is 19.2 Å². The number of hydrogen-bond donors (Lipinski definition) is 1. The van der Waals surface area contributed by atoms with Gasteiger partial charge in [-0.2, -0.15) is 0 Å². The van der Waals surface area contributed by atoms with Gasteiger partial charge in [-0.1, -0.05) is 17.7 Å². The van der Waals surface area contributed by atoms with Crippen molar-refractivity contribution in [2.24, 2.45) is 0 Å². The van der Waals surface area contributed by atoms with Gasteiger partial charge in [0.25, 0.3) is 0 Å². The number of nitrogens with one attached hydrogen (secondary N) is 1. The quantitative estimate of drug-likeness (QED) is 0.812. The van der Waals surface area contributed by atoms with E-state index in [9.17, 15) is 4.39 Å². The molecular weight excluding hydrogens is 233 g/mol. The zero-order valence-electron chi connectivity index (χ0n) is 8.68. The summed E-state index contributed by atoms with van der Waals surface area (Å²) >= 11 is 7.44. The van der Waals surface area contributed by atoms with Crippen molar-refractivity contribution in [3.05, 3.63) is 34.6 Å². The molecule has 1 saturated heterocycles. The Kier molecular flexibility index (Phi) is 2.97. The van der Waals surface area contributed by atoms with E-state index in [1.165, 1.54) is 6.07 Å².